The Bertz CT molecular complexity index is 464. The van der Waals surface area contributed by atoms with Crippen molar-refractivity contribution in [2.45, 2.75) is 26.3 Å². The molecular weight excluding hydrogens is 260 g/mol. The standard InChI is InChI=1S/C14H18N2O2S/c1-10(13-4-3-5-15-7-13)16-8-12(6-14(16)18)9-19-11(2)17/h3-5,7,10,12H,6,8-9H2,1-2H3. The SMILES string of the molecule is CC(=O)SCC1CC(=O)N(C(C)c2cccnc2)C1. The highest BCUT2D eigenvalue weighted by Crippen LogP contribution is 2.29. The van der Waals surface area contributed by atoms with Crippen molar-refractivity contribution in [3.8, 4) is 0 Å². The van der Waals surface area contributed by atoms with Crippen LogP contribution in [0.5, 0.6) is 0 Å². The average Bonchev–Trinajstić information content (AvgIpc) is 2.78. The molecule has 1 aliphatic rings. The fourth-order valence-electron chi connectivity index (χ4n) is 2.33. The first-order valence-corrected chi connectivity index (χ1v) is 7.39. The molecule has 0 N–H and O–H groups in total. The van der Waals surface area contributed by atoms with Gasteiger partial charge in [0, 0.05) is 38.0 Å². The molecule has 1 fully saturated rings. The van der Waals surface area contributed by atoms with Gasteiger partial charge in [-0.25, -0.2) is 0 Å². The van der Waals surface area contributed by atoms with Gasteiger partial charge in [-0.1, -0.05) is 17.8 Å². The van der Waals surface area contributed by atoms with Crippen molar-refractivity contribution in [3.05, 3.63) is 30.1 Å². The molecule has 1 aromatic rings. The normalized spacial score (nSPS) is 20.6. The van der Waals surface area contributed by atoms with E-state index >= 15 is 0 Å². The van der Waals surface area contributed by atoms with E-state index in [1.165, 1.54) is 11.8 Å². The topological polar surface area (TPSA) is 50.3 Å². The first-order chi connectivity index (χ1) is 9.08. The van der Waals surface area contributed by atoms with Crippen LogP contribution in [-0.4, -0.2) is 33.2 Å². The number of thioether (sulfide) groups is 1. The first-order valence-electron chi connectivity index (χ1n) is 6.40. The van der Waals surface area contributed by atoms with E-state index in [2.05, 4.69) is 4.98 Å². The molecule has 0 bridgehead atoms. The maximum atomic E-state index is 12.1. The summed E-state index contributed by atoms with van der Waals surface area (Å²) in [6, 6.07) is 3.92. The molecule has 1 aromatic heterocycles. The van der Waals surface area contributed by atoms with Gasteiger partial charge in [0.25, 0.3) is 0 Å². The lowest BCUT2D eigenvalue weighted by Gasteiger charge is -2.24. The number of hydrogen-bond acceptors (Lipinski definition) is 4. The number of nitrogens with zero attached hydrogens (tertiary/aromatic N) is 2. The number of carbonyl (C=O) groups is 2. The Kier molecular flexibility index (Phi) is 4.58. The molecule has 0 aliphatic carbocycles. The van der Waals surface area contributed by atoms with E-state index in [1.807, 2.05) is 24.0 Å². The summed E-state index contributed by atoms with van der Waals surface area (Å²) < 4.78 is 0. The summed E-state index contributed by atoms with van der Waals surface area (Å²) in [4.78, 5) is 29.0. The maximum Gasteiger partial charge on any atom is 0.223 e. The highest BCUT2D eigenvalue weighted by molar-refractivity contribution is 8.13. The Morgan fingerprint density at radius 3 is 3.05 bits per heavy atom. The van der Waals surface area contributed by atoms with Crippen LogP contribution in [0.15, 0.2) is 24.5 Å². The average molecular weight is 278 g/mol. The minimum atomic E-state index is 0.0496. The van der Waals surface area contributed by atoms with Crippen molar-refractivity contribution in [3.63, 3.8) is 0 Å². The van der Waals surface area contributed by atoms with Gasteiger partial charge in [0.1, 0.15) is 0 Å². The molecule has 1 saturated heterocycles. The molecule has 102 valence electrons. The van der Waals surface area contributed by atoms with E-state index in [4.69, 9.17) is 0 Å². The lowest BCUT2D eigenvalue weighted by Crippen LogP contribution is -2.28. The molecule has 0 aromatic carbocycles. The van der Waals surface area contributed by atoms with Gasteiger partial charge in [0.15, 0.2) is 5.12 Å². The molecule has 0 radical (unpaired) electrons. The monoisotopic (exact) mass is 278 g/mol. The van der Waals surface area contributed by atoms with E-state index in [-0.39, 0.29) is 23.0 Å². The maximum absolute atomic E-state index is 12.1. The smallest absolute Gasteiger partial charge is 0.223 e. The summed E-state index contributed by atoms with van der Waals surface area (Å²) in [5.41, 5.74) is 1.05. The summed E-state index contributed by atoms with van der Waals surface area (Å²) in [6.07, 6.45) is 4.08. The van der Waals surface area contributed by atoms with Crippen LogP contribution in [0, 0.1) is 5.92 Å². The fourth-order valence-corrected chi connectivity index (χ4v) is 3.03. The molecule has 4 nitrogen and oxygen atoms in total. The van der Waals surface area contributed by atoms with Crippen LogP contribution in [0.25, 0.3) is 0 Å². The summed E-state index contributed by atoms with van der Waals surface area (Å²) >= 11 is 1.31. The summed E-state index contributed by atoms with van der Waals surface area (Å²) in [5, 5.41) is 0.117. The highest BCUT2D eigenvalue weighted by atomic mass is 32.2. The van der Waals surface area contributed by atoms with E-state index in [0.717, 1.165) is 17.9 Å². The zero-order valence-electron chi connectivity index (χ0n) is 11.2. The zero-order valence-corrected chi connectivity index (χ0v) is 12.0. The fraction of sp³-hybridized carbons (Fsp3) is 0.500. The van der Waals surface area contributed by atoms with Gasteiger partial charge in [-0.15, -0.1) is 0 Å². The van der Waals surface area contributed by atoms with Crippen LogP contribution in [-0.2, 0) is 9.59 Å². The van der Waals surface area contributed by atoms with Crippen LogP contribution >= 0.6 is 11.8 Å². The van der Waals surface area contributed by atoms with E-state index in [9.17, 15) is 9.59 Å². The third-order valence-corrected chi connectivity index (χ3v) is 4.44. The van der Waals surface area contributed by atoms with Crippen molar-refractivity contribution >= 4 is 22.8 Å². The predicted molar refractivity (Wildman–Crippen MR) is 75.6 cm³/mol. The zero-order chi connectivity index (χ0) is 13.8. The Labute approximate surface area is 117 Å². The van der Waals surface area contributed by atoms with Gasteiger partial charge in [0.05, 0.1) is 6.04 Å². The second-order valence-electron chi connectivity index (χ2n) is 4.88. The Balaban J connectivity index is 1.98. The second-order valence-corrected chi connectivity index (χ2v) is 6.08. The number of aromatic nitrogens is 1. The van der Waals surface area contributed by atoms with Gasteiger partial charge in [0.2, 0.25) is 5.91 Å². The molecule has 5 heteroatoms. The van der Waals surface area contributed by atoms with E-state index in [0.29, 0.717) is 6.42 Å². The Morgan fingerprint density at radius 1 is 1.63 bits per heavy atom. The lowest BCUT2D eigenvalue weighted by molar-refractivity contribution is -0.129. The van der Waals surface area contributed by atoms with Gasteiger partial charge in [-0.05, 0) is 24.5 Å². The summed E-state index contributed by atoms with van der Waals surface area (Å²) in [6.45, 7) is 4.32. The van der Waals surface area contributed by atoms with Crippen molar-refractivity contribution in [2.75, 3.05) is 12.3 Å². The van der Waals surface area contributed by atoms with Gasteiger partial charge in [-0.3, -0.25) is 14.6 Å². The molecule has 1 amide bonds. The number of hydrogen-bond donors (Lipinski definition) is 0. The molecule has 0 spiro atoms. The van der Waals surface area contributed by atoms with Crippen molar-refractivity contribution in [1.82, 2.24) is 9.88 Å². The molecule has 2 atom stereocenters. The van der Waals surface area contributed by atoms with Crippen LogP contribution < -0.4 is 0 Å². The van der Waals surface area contributed by atoms with Crippen LogP contribution in [0.2, 0.25) is 0 Å². The summed E-state index contributed by atoms with van der Waals surface area (Å²) in [7, 11) is 0. The Hall–Kier alpha value is -1.36. The second kappa shape index (κ2) is 6.19. The third-order valence-electron chi connectivity index (χ3n) is 3.40. The predicted octanol–water partition coefficient (Wildman–Crippen LogP) is 2.27. The van der Waals surface area contributed by atoms with Crippen molar-refractivity contribution in [1.29, 1.82) is 0 Å². The van der Waals surface area contributed by atoms with E-state index < -0.39 is 0 Å². The van der Waals surface area contributed by atoms with Crippen molar-refractivity contribution in [2.24, 2.45) is 5.92 Å². The largest absolute Gasteiger partial charge is 0.336 e. The van der Waals surface area contributed by atoms with Crippen LogP contribution in [0.3, 0.4) is 0 Å². The highest BCUT2D eigenvalue weighted by Gasteiger charge is 2.33. The number of likely N-dealkylation sites (tertiary alicyclic amines) is 1. The van der Waals surface area contributed by atoms with E-state index in [1.54, 1.807) is 19.3 Å². The third kappa shape index (κ3) is 3.56. The number of carbonyl (C=O) groups excluding carboxylic acids is 2. The summed E-state index contributed by atoms with van der Waals surface area (Å²) in [5.74, 6) is 1.18. The number of rotatable bonds is 4. The van der Waals surface area contributed by atoms with Gasteiger partial charge >= 0.3 is 0 Å². The van der Waals surface area contributed by atoms with Gasteiger partial charge in [-0.2, -0.15) is 0 Å². The molecule has 2 heterocycles. The molecule has 0 saturated carbocycles. The van der Waals surface area contributed by atoms with Gasteiger partial charge < -0.3 is 4.90 Å². The lowest BCUT2D eigenvalue weighted by atomic mass is 10.1. The quantitative estimate of drug-likeness (QED) is 0.848. The molecule has 2 rings (SSSR count). The minimum absolute atomic E-state index is 0.0496. The van der Waals surface area contributed by atoms with Crippen LogP contribution in [0.1, 0.15) is 31.9 Å². The first kappa shape index (κ1) is 14.1. The molecular formula is C14H18N2O2S. The van der Waals surface area contributed by atoms with Crippen LogP contribution in [0.4, 0.5) is 0 Å². The Morgan fingerprint density at radius 2 is 2.42 bits per heavy atom. The molecule has 1 aliphatic heterocycles. The molecule has 19 heavy (non-hydrogen) atoms. The number of pyridine rings is 1. The molecule has 2 unspecified atom stereocenters. The van der Waals surface area contributed by atoms with Crippen molar-refractivity contribution < 1.29 is 9.59 Å². The number of amides is 1. The minimum Gasteiger partial charge on any atom is -0.336 e.